The van der Waals surface area contributed by atoms with Crippen molar-refractivity contribution in [2.45, 2.75) is 13.1 Å². The number of aromatic nitrogens is 3. The summed E-state index contributed by atoms with van der Waals surface area (Å²) in [4.78, 5) is 6.71. The van der Waals surface area contributed by atoms with E-state index < -0.39 is 8.07 Å². The van der Waals surface area contributed by atoms with E-state index in [-0.39, 0.29) is 28.1 Å². The molecule has 2 aliphatic heterocycles. The van der Waals surface area contributed by atoms with Crippen LogP contribution in [-0.4, -0.2) is 24.7 Å². The van der Waals surface area contributed by atoms with Crippen LogP contribution >= 0.6 is 0 Å². The van der Waals surface area contributed by atoms with E-state index in [0.29, 0.717) is 11.5 Å². The molecule has 6 nitrogen and oxygen atoms in total. The Bertz CT molecular complexity index is 2270. The van der Waals surface area contributed by atoms with E-state index in [9.17, 15) is 0 Å². The van der Waals surface area contributed by atoms with Crippen molar-refractivity contribution in [1.29, 1.82) is 0 Å². The number of imidazole rings is 1. The van der Waals surface area contributed by atoms with Crippen LogP contribution in [-0.2, 0) is 21.1 Å². The zero-order valence-corrected chi connectivity index (χ0v) is 28.9. The van der Waals surface area contributed by atoms with Crippen molar-refractivity contribution in [2.24, 2.45) is 0 Å². The predicted molar refractivity (Wildman–Crippen MR) is 183 cm³/mol. The van der Waals surface area contributed by atoms with E-state index in [1.165, 1.54) is 15.9 Å². The number of ether oxygens (including phenoxy) is 1. The number of rotatable bonds is 5. The molecule has 0 unspecified atom stereocenters. The Morgan fingerprint density at radius 1 is 0.745 bits per heavy atom. The maximum atomic E-state index is 6.51. The second-order valence-corrected chi connectivity index (χ2v) is 16.4. The molecule has 2 aliphatic rings. The quantitative estimate of drug-likeness (QED) is 0.130. The Morgan fingerprint density at radius 3 is 2.23 bits per heavy atom. The van der Waals surface area contributed by atoms with Crippen LogP contribution < -0.4 is 34.6 Å². The van der Waals surface area contributed by atoms with E-state index in [1.807, 2.05) is 60.7 Å². The number of para-hydroxylation sites is 2. The molecule has 0 radical (unpaired) electrons. The summed E-state index contributed by atoms with van der Waals surface area (Å²) in [5.41, 5.74) is 6.16. The van der Waals surface area contributed by atoms with E-state index in [4.69, 9.17) is 9.39 Å². The number of hydrogen-bond acceptors (Lipinski definition) is 4. The third-order valence-electron chi connectivity index (χ3n) is 8.94. The summed E-state index contributed by atoms with van der Waals surface area (Å²) in [5, 5.41) is 2.69. The summed E-state index contributed by atoms with van der Waals surface area (Å²) in [5.74, 6) is 2.68. The Kier molecular flexibility index (Phi) is 7.16. The van der Waals surface area contributed by atoms with E-state index in [1.54, 1.807) is 6.20 Å². The summed E-state index contributed by atoms with van der Waals surface area (Å²) in [6.07, 6.45) is 5.43. The maximum absolute atomic E-state index is 6.51. The van der Waals surface area contributed by atoms with Crippen LogP contribution in [0, 0.1) is 18.5 Å². The van der Waals surface area contributed by atoms with Gasteiger partial charge >= 0.3 is 7.05 Å². The van der Waals surface area contributed by atoms with Crippen molar-refractivity contribution in [3.63, 3.8) is 0 Å². The van der Waals surface area contributed by atoms with Gasteiger partial charge in [-0.3, -0.25) is 4.57 Å². The van der Waals surface area contributed by atoms with Crippen molar-refractivity contribution >= 4 is 53.5 Å². The second kappa shape index (κ2) is 11.4. The fourth-order valence-corrected chi connectivity index (χ4v) is 9.60. The molecule has 47 heavy (non-hydrogen) atoms. The Hall–Kier alpha value is -4.91. The van der Waals surface area contributed by atoms with E-state index in [0.717, 1.165) is 39.6 Å². The standard InChI is InChI=1S/C38H27BN4O2Si.Pt/c1-46(2)35-22-20-30(25-33(35)42-26-41(28-14-7-4-8-15-28)31-16-11-17-36(46)38(31)42)44-29-19-21-34-32(24-29)43(37-18-9-10-23-40-37)39(45-34)27-12-5-3-6-13-27;/h3-23H,1-2H3;/q-2;. The fraction of sp³-hybridized carbons (Fsp3) is 0.0526. The van der Waals surface area contributed by atoms with Crippen LogP contribution in [0.15, 0.2) is 128 Å². The van der Waals surface area contributed by atoms with Crippen LogP contribution in [0.3, 0.4) is 0 Å². The summed E-state index contributed by atoms with van der Waals surface area (Å²) in [6, 6.07) is 48.2. The Labute approximate surface area is 289 Å². The number of nitrogens with zero attached hydrogens (tertiary/aromatic N) is 4. The van der Waals surface area contributed by atoms with Gasteiger partial charge in [0.1, 0.15) is 5.82 Å². The topological polar surface area (TPSA) is 43.4 Å². The molecule has 7 aromatic rings. The van der Waals surface area contributed by atoms with Gasteiger partial charge in [0.05, 0.1) is 16.7 Å². The molecule has 2 aromatic heterocycles. The summed E-state index contributed by atoms with van der Waals surface area (Å²) < 4.78 is 17.3. The van der Waals surface area contributed by atoms with Gasteiger partial charge in [0, 0.05) is 52.6 Å². The third kappa shape index (κ3) is 4.74. The molecule has 230 valence electrons. The van der Waals surface area contributed by atoms with Crippen LogP contribution in [0.1, 0.15) is 0 Å². The minimum absolute atomic E-state index is 0. The normalized spacial score (nSPS) is 13.8. The van der Waals surface area contributed by atoms with Crippen LogP contribution in [0.5, 0.6) is 17.2 Å². The third-order valence-corrected chi connectivity index (χ3v) is 12.4. The van der Waals surface area contributed by atoms with Gasteiger partial charge < -0.3 is 18.8 Å². The zero-order chi connectivity index (χ0) is 30.8. The van der Waals surface area contributed by atoms with Gasteiger partial charge in [0.15, 0.2) is 0 Å². The van der Waals surface area contributed by atoms with Crippen molar-refractivity contribution in [2.75, 3.05) is 4.81 Å². The van der Waals surface area contributed by atoms with Crippen molar-refractivity contribution in [3.8, 4) is 28.6 Å². The van der Waals surface area contributed by atoms with Crippen LogP contribution in [0.25, 0.3) is 22.4 Å². The number of anilines is 2. The minimum Gasteiger partial charge on any atom is -0.599 e. The number of pyridine rings is 1. The number of benzene rings is 5. The molecule has 0 atom stereocenters. The number of hydrogen-bond donors (Lipinski definition) is 0. The zero-order valence-electron chi connectivity index (χ0n) is 25.6. The molecule has 0 saturated carbocycles. The molecule has 0 N–H and O–H groups in total. The van der Waals surface area contributed by atoms with Crippen molar-refractivity contribution in [1.82, 2.24) is 9.55 Å². The van der Waals surface area contributed by atoms with Gasteiger partial charge in [0.25, 0.3) is 6.33 Å². The predicted octanol–water partition coefficient (Wildman–Crippen LogP) is 5.55. The van der Waals surface area contributed by atoms with E-state index >= 15 is 0 Å². The molecular weight excluding hydrogens is 778 g/mol. The fourth-order valence-electron chi connectivity index (χ4n) is 6.70. The molecule has 0 aliphatic carbocycles. The van der Waals surface area contributed by atoms with Gasteiger partial charge in [-0.05, 0) is 41.1 Å². The van der Waals surface area contributed by atoms with Gasteiger partial charge in [-0.2, -0.15) is 6.07 Å². The second-order valence-electron chi connectivity index (χ2n) is 12.1. The SMILES string of the molecule is C[Si]1(C)c2ccc(Oc3[c-]c4c(cc3)OB(c3ccccc3)N4c3ccccn3)[c-]c2-n2[c-][n+](-c3ccccc3)c3cccc1c32.[Pt]. The van der Waals surface area contributed by atoms with Crippen LogP contribution in [0.4, 0.5) is 11.5 Å². The molecule has 0 amide bonds. The Morgan fingerprint density at radius 2 is 1.47 bits per heavy atom. The Balaban J connectivity index is 0.00000324. The van der Waals surface area contributed by atoms with Gasteiger partial charge in [0.2, 0.25) is 0 Å². The summed E-state index contributed by atoms with van der Waals surface area (Å²) in [7, 11) is -2.42. The van der Waals surface area contributed by atoms with Crippen molar-refractivity contribution in [3.05, 3.63) is 146 Å². The largest absolute Gasteiger partial charge is 0.599 e. The average Bonchev–Trinajstić information content (AvgIpc) is 3.68. The van der Waals surface area contributed by atoms with Gasteiger partial charge in [-0.25, -0.2) is 4.98 Å². The minimum atomic E-state index is -2.04. The van der Waals surface area contributed by atoms with Gasteiger partial charge in [-0.1, -0.05) is 91.1 Å². The smallest absolute Gasteiger partial charge is 0.511 e. The average molecular weight is 806 g/mol. The molecule has 4 heterocycles. The molecule has 5 aromatic carbocycles. The van der Waals surface area contributed by atoms with Crippen LogP contribution in [0.2, 0.25) is 13.1 Å². The number of fused-ring (bicyclic) bond motifs is 3. The van der Waals surface area contributed by atoms with Crippen molar-refractivity contribution < 1.29 is 35.0 Å². The maximum Gasteiger partial charge on any atom is 0.511 e. The summed E-state index contributed by atoms with van der Waals surface area (Å²) >= 11 is 0. The summed E-state index contributed by atoms with van der Waals surface area (Å²) in [6.45, 7) is 4.81. The van der Waals surface area contributed by atoms with E-state index in [2.05, 4.69) is 111 Å². The first-order chi connectivity index (χ1) is 22.6. The molecule has 9 heteroatoms. The monoisotopic (exact) mass is 805 g/mol. The van der Waals surface area contributed by atoms with Gasteiger partial charge in [-0.15, -0.1) is 35.5 Å². The first kappa shape index (κ1) is 29.5. The molecule has 0 bridgehead atoms. The molecule has 9 rings (SSSR count). The molecule has 0 saturated heterocycles. The first-order valence-electron chi connectivity index (χ1n) is 15.3. The molecule has 0 fully saturated rings. The molecule has 0 spiro atoms. The first-order valence-corrected chi connectivity index (χ1v) is 18.3. The molecular formula is C38H27BN4O2PtSi-2.